The van der Waals surface area contributed by atoms with Gasteiger partial charge in [0.1, 0.15) is 23.3 Å². The molecule has 0 aliphatic rings. The zero-order chi connectivity index (χ0) is 85.4. The van der Waals surface area contributed by atoms with Gasteiger partial charge in [-0.1, -0.05) is 94.4 Å². The Bertz CT molecular complexity index is 5780. The first-order valence-electron chi connectivity index (χ1n) is 30.0. The van der Waals surface area contributed by atoms with Crippen molar-refractivity contribution in [3.8, 4) is 55.6 Å². The molecule has 113 heavy (non-hydrogen) atoms. The summed E-state index contributed by atoms with van der Waals surface area (Å²) in [5, 5.41) is -0.0286. The van der Waals surface area contributed by atoms with E-state index in [0.29, 0.717) is 48.0 Å². The predicted octanol–water partition coefficient (Wildman–Crippen LogP) is 21.9. The van der Waals surface area contributed by atoms with Crippen molar-refractivity contribution in [2.45, 2.75) is 24.7 Å². The number of nitrogens with one attached hydrogen (secondary N) is 5. The highest BCUT2D eigenvalue weighted by atomic mass is 35.5. The summed E-state index contributed by atoms with van der Waals surface area (Å²) in [4.78, 5) is 0. The van der Waals surface area contributed by atoms with Crippen molar-refractivity contribution in [2.75, 3.05) is 54.9 Å². The van der Waals surface area contributed by atoms with Gasteiger partial charge in [-0.2, -0.15) is 52.7 Å². The average Bonchev–Trinajstić information content (AvgIpc) is 0.793. The minimum atomic E-state index is -4.99. The zero-order valence-electron chi connectivity index (χ0n) is 56.9. The van der Waals surface area contributed by atoms with Gasteiger partial charge in [0.25, 0.3) is 0 Å². The Hall–Kier alpha value is -8.93. The first kappa shape index (κ1) is 92.9. The van der Waals surface area contributed by atoms with Crippen molar-refractivity contribution in [3.63, 3.8) is 0 Å². The van der Waals surface area contributed by atoms with Crippen LogP contribution < -0.4 is 23.6 Å². The molecule has 0 aromatic heterocycles. The molecule has 5 N–H and O–H groups in total. The van der Waals surface area contributed by atoms with Crippen LogP contribution in [0.25, 0.3) is 55.6 Å². The Kier molecular flexibility index (Phi) is 29.8. The molecule has 0 amide bonds. The monoisotopic (exact) mass is 1800 g/mol. The van der Waals surface area contributed by atoms with Gasteiger partial charge in [-0.05, 0) is 156 Å². The summed E-state index contributed by atoms with van der Waals surface area (Å²) in [6.07, 6.45) is -14.7. The topological polar surface area (TPSA) is 231 Å². The molecule has 10 rings (SSSR count). The number of hydrogen-bond donors (Lipinski definition) is 5. The molecular formula is C69H49Cl5F19N5O10S5. The van der Waals surface area contributed by atoms with Gasteiger partial charge in [0.05, 0.1) is 78.6 Å². The van der Waals surface area contributed by atoms with E-state index in [9.17, 15) is 126 Å². The molecule has 10 aromatic carbocycles. The third-order valence-corrected chi connectivity index (χ3v) is 18.5. The lowest BCUT2D eigenvalue weighted by atomic mass is 9.99. The number of sulfonamides is 5. The molecule has 0 spiro atoms. The Morgan fingerprint density at radius 3 is 0.823 bits per heavy atom. The Balaban J connectivity index is 0.000000221. The highest BCUT2D eigenvalue weighted by molar-refractivity contribution is 7.93. The second-order valence-corrected chi connectivity index (χ2v) is 34.2. The minimum absolute atomic E-state index is 0.0109. The van der Waals surface area contributed by atoms with Crippen LogP contribution in [-0.2, 0) is 74.8 Å². The van der Waals surface area contributed by atoms with Crippen molar-refractivity contribution in [1.82, 2.24) is 0 Å². The molecule has 0 unspecified atom stereocenters. The van der Waals surface area contributed by atoms with Crippen molar-refractivity contribution < 1.29 is 126 Å². The number of benzene rings is 10. The maximum atomic E-state index is 13.9. The zero-order valence-corrected chi connectivity index (χ0v) is 64.8. The van der Waals surface area contributed by atoms with Crippen LogP contribution in [0.5, 0.6) is 0 Å². The average molecular weight is 1810 g/mol. The second kappa shape index (κ2) is 36.3. The SMILES string of the molecule is CS(=O)(=O)Nc1ccc(-c2cc(C(F)(F)F)cc(C(F)(F)F)c2)c(Cl)c1.CS(=O)(=O)Nc1ccc(-c2cc(C(F)(F)F)ccc2F)c(Cl)c1.CS(=O)(=O)Nc1ccc(-c2cc(F)c(F)c(F)c2)c(Cl)c1.CS(=O)(=O)Nc1ccc(-c2cc(F)cc(F)c2)c(Cl)c1.CS(=O)(=O)Nc1ccc(-c2ccc(F)c(C(F)(F)F)c2)c(Cl)c1. The van der Waals surface area contributed by atoms with E-state index in [4.69, 9.17) is 58.0 Å². The van der Waals surface area contributed by atoms with Crippen LogP contribution in [0.3, 0.4) is 0 Å². The number of halogens is 24. The van der Waals surface area contributed by atoms with E-state index in [1.165, 1.54) is 78.9 Å². The van der Waals surface area contributed by atoms with Crippen LogP contribution >= 0.6 is 58.0 Å². The van der Waals surface area contributed by atoms with Gasteiger partial charge >= 0.3 is 24.7 Å². The van der Waals surface area contributed by atoms with E-state index in [1.807, 2.05) is 0 Å². The van der Waals surface area contributed by atoms with Gasteiger partial charge in [-0.15, -0.1) is 0 Å². The summed E-state index contributed by atoms with van der Waals surface area (Å²) in [5.74, 6) is -7.91. The van der Waals surface area contributed by atoms with E-state index in [2.05, 4.69) is 23.6 Å². The van der Waals surface area contributed by atoms with Gasteiger partial charge in [-0.25, -0.2) is 72.8 Å². The Morgan fingerprint density at radius 2 is 0.531 bits per heavy atom. The fourth-order valence-corrected chi connectivity index (χ4v) is 13.7. The lowest BCUT2D eigenvalue weighted by Crippen LogP contribution is -2.11. The highest BCUT2D eigenvalue weighted by Gasteiger charge is 2.38. The molecular weight excluding hydrogens is 1760 g/mol. The molecule has 0 atom stereocenters. The van der Waals surface area contributed by atoms with Gasteiger partial charge in [0, 0.05) is 67.9 Å². The molecule has 0 aliphatic heterocycles. The third-order valence-electron chi connectivity index (χ3n) is 13.9. The maximum Gasteiger partial charge on any atom is 0.419 e. The molecule has 0 heterocycles. The van der Waals surface area contributed by atoms with E-state index in [-0.39, 0.29) is 104 Å². The molecule has 10 aromatic rings. The van der Waals surface area contributed by atoms with Crippen LogP contribution in [0, 0.1) is 40.7 Å². The lowest BCUT2D eigenvalue weighted by molar-refractivity contribution is -0.143. The summed E-state index contributed by atoms with van der Waals surface area (Å²) in [5.41, 5.74) is -4.13. The number of rotatable bonds is 15. The molecule has 0 saturated carbocycles. The van der Waals surface area contributed by atoms with Crippen LogP contribution in [0.1, 0.15) is 22.3 Å². The molecule has 15 nitrogen and oxygen atoms in total. The molecule has 0 aliphatic carbocycles. The first-order chi connectivity index (χ1) is 51.5. The van der Waals surface area contributed by atoms with Crippen LogP contribution in [0.4, 0.5) is 112 Å². The number of anilines is 5. The Morgan fingerprint density at radius 1 is 0.248 bits per heavy atom. The summed E-state index contributed by atoms with van der Waals surface area (Å²) in [6, 6.07) is 29.7. The van der Waals surface area contributed by atoms with E-state index in [0.717, 1.165) is 79.8 Å². The fourth-order valence-electron chi connectivity index (χ4n) is 9.47. The standard InChI is InChI=1S/C15H10ClF6NO2S.2C14H10ClF4NO2S.C13H9ClF3NO2S.C13H10ClF2NO2S/c1-26(24,25)23-11-2-3-12(13(16)7-11)8-4-9(14(17,18)19)6-10(5-8)15(20,21)22;1-23(21,22)20-9-3-4-10(12(15)7-9)11-6-8(14(17,18)19)2-5-13(11)16;1-23(21,22)20-9-3-4-10(12(15)7-9)8-2-5-13(16)11(6-8)14(17,18)19;1-21(19,20)18-8-2-3-9(10(14)6-8)7-4-11(15)13(17)12(16)5-7;1-20(18,19)17-11-2-3-12(13(14)7-11)8-4-9(15)6-10(16)5-8/h2-7,23H,1H3;2*2-7,20H,1H3;2-6,18H,1H3;2-7,17H,1H3. The molecule has 608 valence electrons. The maximum absolute atomic E-state index is 13.9. The second-order valence-electron chi connectivity index (χ2n) is 23.4. The van der Waals surface area contributed by atoms with Crippen molar-refractivity contribution in [1.29, 1.82) is 0 Å². The van der Waals surface area contributed by atoms with Crippen molar-refractivity contribution >= 4 is 137 Å². The summed E-state index contributed by atoms with van der Waals surface area (Å²) >= 11 is 29.8. The van der Waals surface area contributed by atoms with Crippen LogP contribution in [0.2, 0.25) is 25.1 Å². The van der Waals surface area contributed by atoms with Gasteiger partial charge in [-0.3, -0.25) is 23.6 Å². The summed E-state index contributed by atoms with van der Waals surface area (Å²) < 4.78 is 369. The van der Waals surface area contributed by atoms with E-state index >= 15 is 0 Å². The number of hydrogen-bond acceptors (Lipinski definition) is 10. The molecule has 44 heteroatoms. The first-order valence-corrected chi connectivity index (χ1v) is 41.4. The van der Waals surface area contributed by atoms with Crippen LogP contribution in [-0.4, -0.2) is 73.4 Å². The quantitative estimate of drug-likeness (QED) is 0.0481. The van der Waals surface area contributed by atoms with Crippen molar-refractivity contribution in [3.05, 3.63) is 264 Å². The molecule has 0 saturated heterocycles. The Labute approximate surface area is 656 Å². The van der Waals surface area contributed by atoms with E-state index in [1.54, 1.807) is 0 Å². The molecule has 0 bridgehead atoms. The van der Waals surface area contributed by atoms with Gasteiger partial charge in [0.2, 0.25) is 50.1 Å². The van der Waals surface area contributed by atoms with Gasteiger partial charge in [0.15, 0.2) is 17.5 Å². The molecule has 0 radical (unpaired) electrons. The lowest BCUT2D eigenvalue weighted by Gasteiger charge is -2.15. The third kappa shape index (κ3) is 28.8. The summed E-state index contributed by atoms with van der Waals surface area (Å²) in [7, 11) is -17.6. The highest BCUT2D eigenvalue weighted by Crippen LogP contribution is 2.43. The number of alkyl halides is 12. The minimum Gasteiger partial charge on any atom is -0.284 e. The van der Waals surface area contributed by atoms with Crippen molar-refractivity contribution in [2.24, 2.45) is 0 Å². The summed E-state index contributed by atoms with van der Waals surface area (Å²) in [6.45, 7) is 0. The van der Waals surface area contributed by atoms with E-state index < -0.39 is 143 Å². The fraction of sp³-hybridized carbons (Fsp3) is 0.130. The smallest absolute Gasteiger partial charge is 0.284 e. The van der Waals surface area contributed by atoms with Gasteiger partial charge < -0.3 is 0 Å². The van der Waals surface area contributed by atoms with Crippen LogP contribution in [0.15, 0.2) is 176 Å². The predicted molar refractivity (Wildman–Crippen MR) is 396 cm³/mol. The molecule has 0 fully saturated rings. The normalized spacial score (nSPS) is 12.1. The largest absolute Gasteiger partial charge is 0.419 e.